The summed E-state index contributed by atoms with van der Waals surface area (Å²) in [5.41, 5.74) is 0. The highest BCUT2D eigenvalue weighted by molar-refractivity contribution is 8.00. The van der Waals surface area contributed by atoms with Crippen LogP contribution in [0.25, 0.3) is 0 Å². The molecule has 126 valence electrons. The van der Waals surface area contributed by atoms with Gasteiger partial charge in [0.1, 0.15) is 11.6 Å². The van der Waals surface area contributed by atoms with Crippen LogP contribution in [0.15, 0.2) is 47.6 Å². The van der Waals surface area contributed by atoms with Crippen LogP contribution in [-0.2, 0) is 4.79 Å². The van der Waals surface area contributed by atoms with Gasteiger partial charge in [-0.3, -0.25) is 4.79 Å². The first-order chi connectivity index (χ1) is 11.6. The number of carbonyl (C=O) groups is 1. The Labute approximate surface area is 149 Å². The van der Waals surface area contributed by atoms with Gasteiger partial charge in [-0.05, 0) is 24.3 Å². The normalized spacial score (nSPS) is 15.8. The average Bonchev–Trinajstić information content (AvgIpc) is 2.60. The van der Waals surface area contributed by atoms with Gasteiger partial charge in [0, 0.05) is 13.2 Å². The second-order valence-electron chi connectivity index (χ2n) is 5.35. The van der Waals surface area contributed by atoms with Gasteiger partial charge in [-0.15, -0.1) is 0 Å². The van der Waals surface area contributed by atoms with Gasteiger partial charge in [0.2, 0.25) is 5.91 Å². The summed E-state index contributed by atoms with van der Waals surface area (Å²) < 4.78 is 11.5. The fourth-order valence-electron chi connectivity index (χ4n) is 2.28. The van der Waals surface area contributed by atoms with E-state index in [0.717, 1.165) is 5.75 Å². The highest BCUT2D eigenvalue weighted by Crippen LogP contribution is 2.31. The van der Waals surface area contributed by atoms with Gasteiger partial charge >= 0.3 is 0 Å². The van der Waals surface area contributed by atoms with Crippen LogP contribution in [0.1, 0.15) is 0 Å². The maximum atomic E-state index is 12.3. The Balaban J connectivity index is 1.51. The predicted octanol–water partition coefficient (Wildman–Crippen LogP) is 3.13. The molecule has 1 aromatic carbocycles. The summed E-state index contributed by atoms with van der Waals surface area (Å²) in [5.74, 6) is 1.72. The van der Waals surface area contributed by atoms with Crippen molar-refractivity contribution in [3.63, 3.8) is 0 Å². The van der Waals surface area contributed by atoms with Crippen LogP contribution < -0.4 is 9.47 Å². The summed E-state index contributed by atoms with van der Waals surface area (Å²) in [4.78, 5) is 18.1. The van der Waals surface area contributed by atoms with E-state index in [1.165, 1.54) is 11.8 Å². The number of ether oxygens (including phenoxy) is 2. The summed E-state index contributed by atoms with van der Waals surface area (Å²) in [7, 11) is 1.76. The van der Waals surface area contributed by atoms with Gasteiger partial charge in [-0.1, -0.05) is 35.5 Å². The van der Waals surface area contributed by atoms with E-state index in [1.54, 1.807) is 30.3 Å². The van der Waals surface area contributed by atoms with Gasteiger partial charge in [-0.2, -0.15) is 0 Å². The lowest BCUT2D eigenvalue weighted by molar-refractivity contribution is -0.128. The monoisotopic (exact) mass is 364 g/mol. The number of pyridine rings is 1. The van der Waals surface area contributed by atoms with E-state index in [2.05, 4.69) is 4.98 Å². The summed E-state index contributed by atoms with van der Waals surface area (Å²) in [6.45, 7) is 0.886. The molecule has 24 heavy (non-hydrogen) atoms. The summed E-state index contributed by atoms with van der Waals surface area (Å²) in [5, 5.41) is 1.21. The van der Waals surface area contributed by atoms with E-state index in [-0.39, 0.29) is 17.8 Å². The number of hydrogen-bond donors (Lipinski definition) is 0. The number of para-hydroxylation sites is 2. The first kappa shape index (κ1) is 16.9. The van der Waals surface area contributed by atoms with Crippen LogP contribution in [0.3, 0.4) is 0 Å². The molecule has 0 radical (unpaired) electrons. The molecule has 1 aromatic heterocycles. The molecule has 0 saturated heterocycles. The van der Waals surface area contributed by atoms with Gasteiger partial charge in [0.25, 0.3) is 0 Å². The highest BCUT2D eigenvalue weighted by Gasteiger charge is 2.23. The zero-order chi connectivity index (χ0) is 16.9. The standard InChI is InChI=1S/C17H17ClN2O3S/c1-20(16(21)11-24-17-13(18)5-4-8-19-17)9-12-10-22-14-6-2-3-7-15(14)23-12/h2-8,12H,9-11H2,1H3. The third kappa shape index (κ3) is 4.13. The molecule has 1 unspecified atom stereocenters. The number of likely N-dealkylation sites (N-methyl/N-ethyl adjacent to an activating group) is 1. The van der Waals surface area contributed by atoms with Crippen molar-refractivity contribution in [3.8, 4) is 11.5 Å². The van der Waals surface area contributed by atoms with Gasteiger partial charge < -0.3 is 14.4 Å². The smallest absolute Gasteiger partial charge is 0.232 e. The molecule has 0 saturated carbocycles. The molecule has 0 fully saturated rings. The molecule has 0 N–H and O–H groups in total. The van der Waals surface area contributed by atoms with E-state index in [4.69, 9.17) is 21.1 Å². The zero-order valence-corrected chi connectivity index (χ0v) is 14.7. The molecule has 0 spiro atoms. The number of thioether (sulfide) groups is 1. The molecule has 0 aliphatic carbocycles. The van der Waals surface area contributed by atoms with Crippen molar-refractivity contribution in [2.24, 2.45) is 0 Å². The van der Waals surface area contributed by atoms with E-state index < -0.39 is 0 Å². The van der Waals surface area contributed by atoms with Crippen molar-refractivity contribution in [2.75, 3.05) is 26.0 Å². The maximum Gasteiger partial charge on any atom is 0.232 e. The minimum atomic E-state index is -0.183. The van der Waals surface area contributed by atoms with E-state index in [9.17, 15) is 4.79 Å². The number of halogens is 1. The Hall–Kier alpha value is -1.92. The molecule has 1 amide bonds. The summed E-state index contributed by atoms with van der Waals surface area (Å²) in [6, 6.07) is 11.1. The van der Waals surface area contributed by atoms with Gasteiger partial charge in [0.05, 0.1) is 17.3 Å². The molecule has 7 heteroatoms. The van der Waals surface area contributed by atoms with Crippen molar-refractivity contribution < 1.29 is 14.3 Å². The minimum Gasteiger partial charge on any atom is -0.486 e. The topological polar surface area (TPSA) is 51.7 Å². The van der Waals surface area contributed by atoms with Crippen LogP contribution >= 0.6 is 23.4 Å². The number of carbonyl (C=O) groups excluding carboxylic acids is 1. The predicted molar refractivity (Wildman–Crippen MR) is 94.0 cm³/mol. The number of rotatable bonds is 5. The third-order valence-electron chi connectivity index (χ3n) is 3.53. The second kappa shape index (κ2) is 7.77. The highest BCUT2D eigenvalue weighted by atomic mass is 35.5. The Morgan fingerprint density at radius 2 is 2.12 bits per heavy atom. The van der Waals surface area contributed by atoms with Crippen molar-refractivity contribution in [1.82, 2.24) is 9.88 Å². The zero-order valence-electron chi connectivity index (χ0n) is 13.1. The van der Waals surface area contributed by atoms with Crippen molar-refractivity contribution in [2.45, 2.75) is 11.1 Å². The maximum absolute atomic E-state index is 12.3. The lowest BCUT2D eigenvalue weighted by Crippen LogP contribution is -2.42. The first-order valence-corrected chi connectivity index (χ1v) is 8.85. The lowest BCUT2D eigenvalue weighted by atomic mass is 10.2. The number of benzene rings is 1. The van der Waals surface area contributed by atoms with Crippen LogP contribution in [0.5, 0.6) is 11.5 Å². The largest absolute Gasteiger partial charge is 0.486 e. The first-order valence-electron chi connectivity index (χ1n) is 7.49. The Morgan fingerprint density at radius 1 is 1.33 bits per heavy atom. The number of fused-ring (bicyclic) bond motifs is 1. The Morgan fingerprint density at radius 3 is 2.92 bits per heavy atom. The SMILES string of the molecule is CN(CC1COc2ccccc2O1)C(=O)CSc1ncccc1Cl. The molecule has 3 rings (SSSR count). The van der Waals surface area contributed by atoms with Crippen LogP contribution in [0.2, 0.25) is 5.02 Å². The van der Waals surface area contributed by atoms with Crippen molar-refractivity contribution in [1.29, 1.82) is 0 Å². The number of hydrogen-bond acceptors (Lipinski definition) is 5. The quantitative estimate of drug-likeness (QED) is 0.763. The average molecular weight is 365 g/mol. The fourth-order valence-corrected chi connectivity index (χ4v) is 3.39. The molecule has 1 aliphatic heterocycles. The van der Waals surface area contributed by atoms with Gasteiger partial charge in [-0.25, -0.2) is 4.98 Å². The Bertz CT molecular complexity index is 728. The molecule has 2 heterocycles. The molecule has 1 aliphatic rings. The van der Waals surface area contributed by atoms with Crippen molar-refractivity contribution in [3.05, 3.63) is 47.6 Å². The summed E-state index contributed by atoms with van der Waals surface area (Å²) in [6.07, 6.45) is 1.48. The van der Waals surface area contributed by atoms with E-state index >= 15 is 0 Å². The number of amides is 1. The minimum absolute atomic E-state index is 0.0100. The molecule has 1 atom stereocenters. The third-order valence-corrected chi connectivity index (χ3v) is 4.93. The second-order valence-corrected chi connectivity index (χ2v) is 6.72. The van der Waals surface area contributed by atoms with Crippen molar-refractivity contribution >= 4 is 29.3 Å². The molecular weight excluding hydrogens is 348 g/mol. The Kier molecular flexibility index (Phi) is 5.48. The number of aromatic nitrogens is 1. The summed E-state index contributed by atoms with van der Waals surface area (Å²) >= 11 is 7.37. The lowest BCUT2D eigenvalue weighted by Gasteiger charge is -2.29. The van der Waals surface area contributed by atoms with Crippen LogP contribution in [0, 0.1) is 0 Å². The van der Waals surface area contributed by atoms with E-state index in [0.29, 0.717) is 28.9 Å². The van der Waals surface area contributed by atoms with E-state index in [1.807, 2.05) is 24.3 Å². The molecule has 5 nitrogen and oxygen atoms in total. The van der Waals surface area contributed by atoms with Gasteiger partial charge in [0.15, 0.2) is 17.6 Å². The molecule has 0 bridgehead atoms. The van der Waals surface area contributed by atoms with Crippen LogP contribution in [-0.4, -0.2) is 47.8 Å². The van der Waals surface area contributed by atoms with Crippen LogP contribution in [0.4, 0.5) is 0 Å². The molecule has 2 aromatic rings. The fraction of sp³-hybridized carbons (Fsp3) is 0.294. The molecular formula is C17H17ClN2O3S. The number of nitrogens with zero attached hydrogens (tertiary/aromatic N) is 2.